The van der Waals surface area contributed by atoms with Crippen LogP contribution in [-0.2, 0) is 0 Å². The van der Waals surface area contributed by atoms with Gasteiger partial charge >= 0.3 is 0 Å². The van der Waals surface area contributed by atoms with Crippen LogP contribution in [0.25, 0.3) is 0 Å². The van der Waals surface area contributed by atoms with Gasteiger partial charge in [0, 0.05) is 0 Å². The summed E-state index contributed by atoms with van der Waals surface area (Å²) in [6.45, 7) is 2.16. The van der Waals surface area contributed by atoms with E-state index in [1.807, 2.05) is 12.1 Å². The van der Waals surface area contributed by atoms with Gasteiger partial charge in [-0.25, -0.2) is 0 Å². The highest BCUT2D eigenvalue weighted by Gasteiger charge is 2.39. The normalized spacial score (nSPS) is 15.4. The summed E-state index contributed by atoms with van der Waals surface area (Å²) in [6, 6.07) is 7.14. The van der Waals surface area contributed by atoms with E-state index >= 15 is 0 Å². The maximum absolute atomic E-state index is 12.5. The number of amides is 2. The van der Waals surface area contributed by atoms with Gasteiger partial charge in [0.1, 0.15) is 0 Å². The molecule has 1 heterocycles. The molecule has 3 nitrogen and oxygen atoms in total. The number of benzene rings is 1. The standard InChI is InChI=1S/C16H20INO2S/c1-2-3-11-21-14(9-6-10-17)18-15(19)12-7-4-5-8-13(12)16(18)20/h4-5,7-8,14H,2-3,6,9-11H2,1H3. The van der Waals surface area contributed by atoms with Crippen molar-refractivity contribution in [3.05, 3.63) is 35.4 Å². The number of hydrogen-bond acceptors (Lipinski definition) is 3. The average Bonchev–Trinajstić information content (AvgIpc) is 2.76. The summed E-state index contributed by atoms with van der Waals surface area (Å²) in [7, 11) is 0. The van der Waals surface area contributed by atoms with Crippen molar-refractivity contribution in [1.82, 2.24) is 4.90 Å². The number of unbranched alkanes of at least 4 members (excludes halogenated alkanes) is 1. The van der Waals surface area contributed by atoms with Gasteiger partial charge in [-0.3, -0.25) is 14.5 Å². The molecular weight excluding hydrogens is 397 g/mol. The molecule has 1 atom stereocenters. The lowest BCUT2D eigenvalue weighted by molar-refractivity contribution is 0.0633. The van der Waals surface area contributed by atoms with Crippen molar-refractivity contribution in [1.29, 1.82) is 0 Å². The molecule has 0 bridgehead atoms. The highest BCUT2D eigenvalue weighted by Crippen LogP contribution is 2.31. The van der Waals surface area contributed by atoms with Crippen LogP contribution < -0.4 is 0 Å². The van der Waals surface area contributed by atoms with Crippen molar-refractivity contribution in [3.63, 3.8) is 0 Å². The van der Waals surface area contributed by atoms with Crippen LogP contribution in [0.15, 0.2) is 24.3 Å². The smallest absolute Gasteiger partial charge is 0.262 e. The van der Waals surface area contributed by atoms with Crippen molar-refractivity contribution in [2.45, 2.75) is 38.0 Å². The van der Waals surface area contributed by atoms with E-state index in [0.29, 0.717) is 11.1 Å². The van der Waals surface area contributed by atoms with Crippen molar-refractivity contribution < 1.29 is 9.59 Å². The van der Waals surface area contributed by atoms with Crippen molar-refractivity contribution >= 4 is 46.2 Å². The lowest BCUT2D eigenvalue weighted by atomic mass is 10.1. The van der Waals surface area contributed by atoms with Crippen LogP contribution in [0.5, 0.6) is 0 Å². The van der Waals surface area contributed by atoms with Gasteiger partial charge in [0.2, 0.25) is 0 Å². The minimum absolute atomic E-state index is 0.0290. The number of alkyl halides is 1. The first-order valence-corrected chi connectivity index (χ1v) is 9.92. The van der Waals surface area contributed by atoms with Gasteiger partial charge in [0.15, 0.2) is 0 Å². The van der Waals surface area contributed by atoms with E-state index in [1.54, 1.807) is 23.9 Å². The third-order valence-corrected chi connectivity index (χ3v) is 5.62. The third-order valence-electron chi connectivity index (χ3n) is 3.51. The third kappa shape index (κ3) is 3.80. The summed E-state index contributed by atoms with van der Waals surface area (Å²) in [5.74, 6) is 0.742. The molecule has 0 N–H and O–H groups in total. The fourth-order valence-corrected chi connectivity index (χ4v) is 4.21. The van der Waals surface area contributed by atoms with E-state index in [0.717, 1.165) is 35.9 Å². The zero-order chi connectivity index (χ0) is 15.2. The number of rotatable bonds is 8. The topological polar surface area (TPSA) is 37.4 Å². The first-order valence-electron chi connectivity index (χ1n) is 7.35. The Kier molecular flexibility index (Phi) is 6.54. The molecule has 1 aliphatic heterocycles. The van der Waals surface area contributed by atoms with E-state index < -0.39 is 0 Å². The van der Waals surface area contributed by atoms with Gasteiger partial charge in [-0.2, -0.15) is 0 Å². The van der Waals surface area contributed by atoms with Gasteiger partial charge in [-0.1, -0.05) is 48.1 Å². The zero-order valence-electron chi connectivity index (χ0n) is 12.2. The van der Waals surface area contributed by atoms with Crippen LogP contribution >= 0.6 is 34.4 Å². The van der Waals surface area contributed by atoms with Crippen molar-refractivity contribution in [2.75, 3.05) is 10.2 Å². The fraction of sp³-hybridized carbons (Fsp3) is 0.500. The molecule has 2 amide bonds. The SMILES string of the molecule is CCCCSC(CCCI)N1C(=O)c2ccccc2C1=O. The Morgan fingerprint density at radius 1 is 1.14 bits per heavy atom. The Balaban J connectivity index is 2.16. The van der Waals surface area contributed by atoms with E-state index in [-0.39, 0.29) is 17.2 Å². The fourth-order valence-electron chi connectivity index (χ4n) is 2.37. The summed E-state index contributed by atoms with van der Waals surface area (Å²) in [6.07, 6.45) is 4.16. The molecule has 1 aromatic rings. The Morgan fingerprint density at radius 2 is 1.76 bits per heavy atom. The Bertz CT molecular complexity index is 486. The van der Waals surface area contributed by atoms with Crippen LogP contribution in [0, 0.1) is 0 Å². The second-order valence-corrected chi connectivity index (χ2v) is 7.40. The van der Waals surface area contributed by atoms with Gasteiger partial charge in [0.05, 0.1) is 16.5 Å². The van der Waals surface area contributed by atoms with Crippen molar-refractivity contribution in [2.24, 2.45) is 0 Å². The predicted octanol–water partition coefficient (Wildman–Crippen LogP) is 4.36. The van der Waals surface area contributed by atoms with Gasteiger partial charge < -0.3 is 0 Å². The Morgan fingerprint density at radius 3 is 2.29 bits per heavy atom. The Hall–Kier alpha value is -0.560. The molecular formula is C16H20INO2S. The van der Waals surface area contributed by atoms with E-state index in [9.17, 15) is 9.59 Å². The van der Waals surface area contributed by atoms with Crippen LogP contribution in [0.3, 0.4) is 0 Å². The van der Waals surface area contributed by atoms with E-state index in [1.165, 1.54) is 4.90 Å². The van der Waals surface area contributed by atoms with Gasteiger partial charge in [-0.15, -0.1) is 11.8 Å². The lowest BCUT2D eigenvalue weighted by Gasteiger charge is -2.25. The molecule has 0 spiro atoms. The van der Waals surface area contributed by atoms with E-state index in [2.05, 4.69) is 29.5 Å². The molecule has 0 saturated carbocycles. The molecule has 1 unspecified atom stereocenters. The molecule has 0 aliphatic carbocycles. The second-order valence-electron chi connectivity index (χ2n) is 5.04. The highest BCUT2D eigenvalue weighted by molar-refractivity contribution is 14.1. The van der Waals surface area contributed by atoms with E-state index in [4.69, 9.17) is 0 Å². The number of carbonyl (C=O) groups excluding carboxylic acids is 2. The van der Waals surface area contributed by atoms with Crippen LogP contribution in [0.2, 0.25) is 0 Å². The predicted molar refractivity (Wildman–Crippen MR) is 96.2 cm³/mol. The molecule has 0 aromatic heterocycles. The number of carbonyl (C=O) groups is 2. The maximum Gasteiger partial charge on any atom is 0.262 e. The largest absolute Gasteiger partial charge is 0.269 e. The van der Waals surface area contributed by atoms with Gasteiger partial charge in [-0.05, 0) is 41.6 Å². The lowest BCUT2D eigenvalue weighted by Crippen LogP contribution is -2.38. The molecule has 1 aromatic carbocycles. The quantitative estimate of drug-likeness (QED) is 0.273. The molecule has 2 rings (SSSR count). The molecule has 1 aliphatic rings. The van der Waals surface area contributed by atoms with Crippen LogP contribution in [0.4, 0.5) is 0 Å². The van der Waals surface area contributed by atoms with Crippen LogP contribution in [-0.4, -0.2) is 32.3 Å². The maximum atomic E-state index is 12.5. The van der Waals surface area contributed by atoms with Gasteiger partial charge in [0.25, 0.3) is 11.8 Å². The number of hydrogen-bond donors (Lipinski definition) is 0. The first-order chi connectivity index (χ1) is 10.2. The molecule has 0 fully saturated rings. The van der Waals surface area contributed by atoms with Crippen LogP contribution in [0.1, 0.15) is 53.3 Å². The molecule has 5 heteroatoms. The number of halogens is 1. The summed E-state index contributed by atoms with van der Waals surface area (Å²) < 4.78 is 1.05. The minimum atomic E-state index is -0.127. The number of fused-ring (bicyclic) bond motifs is 1. The second kappa shape index (κ2) is 8.17. The number of nitrogens with zero attached hydrogens (tertiary/aromatic N) is 1. The summed E-state index contributed by atoms with van der Waals surface area (Å²) in [4.78, 5) is 26.6. The summed E-state index contributed by atoms with van der Waals surface area (Å²) in [5.41, 5.74) is 1.11. The molecule has 0 saturated heterocycles. The molecule has 114 valence electrons. The Labute approximate surface area is 144 Å². The summed E-state index contributed by atoms with van der Waals surface area (Å²) in [5, 5.41) is -0.0290. The zero-order valence-corrected chi connectivity index (χ0v) is 15.2. The first kappa shape index (κ1) is 16.8. The monoisotopic (exact) mass is 417 g/mol. The summed E-state index contributed by atoms with van der Waals surface area (Å²) >= 11 is 4.08. The number of imide groups is 1. The molecule has 0 radical (unpaired) electrons. The molecule has 21 heavy (non-hydrogen) atoms. The number of thioether (sulfide) groups is 1. The average molecular weight is 417 g/mol. The minimum Gasteiger partial charge on any atom is -0.269 e. The van der Waals surface area contributed by atoms with Crippen molar-refractivity contribution in [3.8, 4) is 0 Å². The highest BCUT2D eigenvalue weighted by atomic mass is 127.